The maximum absolute atomic E-state index is 5.04. The summed E-state index contributed by atoms with van der Waals surface area (Å²) in [7, 11) is 1.32. The number of hydrogen-bond donors (Lipinski definition) is 0. The van der Waals surface area contributed by atoms with Gasteiger partial charge in [-0.2, -0.15) is 0 Å². The Balaban J connectivity index is 3.43. The third-order valence-corrected chi connectivity index (χ3v) is 1.28. The van der Waals surface area contributed by atoms with E-state index in [0.29, 0.717) is 0 Å². The topological polar surface area (TPSA) is 18.5 Å². The molecular weight excluding hydrogens is 139 g/mol. The largest absolute Gasteiger partial charge is 0.657 e. The standard InChI is InChI=1S/C8H14BO2/c1-5-7(3)10-9-11-8(4)6-2/h5-6H,1-4H3. The van der Waals surface area contributed by atoms with E-state index in [2.05, 4.69) is 0 Å². The average molecular weight is 153 g/mol. The van der Waals surface area contributed by atoms with Crippen LogP contribution in [0.2, 0.25) is 0 Å². The van der Waals surface area contributed by atoms with Crippen LogP contribution in [0.3, 0.4) is 0 Å². The second-order valence-electron chi connectivity index (χ2n) is 2.13. The van der Waals surface area contributed by atoms with Gasteiger partial charge < -0.3 is 9.31 Å². The molecule has 61 valence electrons. The van der Waals surface area contributed by atoms with Crippen LogP contribution in [-0.4, -0.2) is 7.69 Å². The number of hydrogen-bond acceptors (Lipinski definition) is 2. The summed E-state index contributed by atoms with van der Waals surface area (Å²) in [5.74, 6) is 1.66. The second kappa shape index (κ2) is 5.89. The molecule has 0 aliphatic rings. The molecule has 0 bridgehead atoms. The van der Waals surface area contributed by atoms with E-state index in [-0.39, 0.29) is 0 Å². The van der Waals surface area contributed by atoms with Crippen LogP contribution in [0.25, 0.3) is 0 Å². The van der Waals surface area contributed by atoms with E-state index in [0.717, 1.165) is 11.5 Å². The summed E-state index contributed by atoms with van der Waals surface area (Å²) in [6, 6.07) is 0. The maximum atomic E-state index is 5.04. The van der Waals surface area contributed by atoms with Crippen molar-refractivity contribution in [1.82, 2.24) is 0 Å². The molecule has 0 amide bonds. The highest BCUT2D eigenvalue weighted by Gasteiger charge is 1.96. The van der Waals surface area contributed by atoms with Crippen molar-refractivity contribution in [3.05, 3.63) is 23.7 Å². The van der Waals surface area contributed by atoms with Crippen LogP contribution in [0, 0.1) is 0 Å². The van der Waals surface area contributed by atoms with Gasteiger partial charge in [-0.25, -0.2) is 0 Å². The maximum Gasteiger partial charge on any atom is 0.657 e. The van der Waals surface area contributed by atoms with Crippen molar-refractivity contribution in [3.63, 3.8) is 0 Å². The van der Waals surface area contributed by atoms with Gasteiger partial charge in [0.2, 0.25) is 0 Å². The SMILES string of the molecule is CC=C(C)O[B]OC(C)=CC. The fraction of sp³-hybridized carbons (Fsp3) is 0.500. The van der Waals surface area contributed by atoms with E-state index in [1.807, 2.05) is 39.8 Å². The van der Waals surface area contributed by atoms with E-state index >= 15 is 0 Å². The van der Waals surface area contributed by atoms with Gasteiger partial charge >= 0.3 is 7.69 Å². The Morgan fingerprint density at radius 2 is 1.36 bits per heavy atom. The summed E-state index contributed by atoms with van der Waals surface area (Å²) in [5.41, 5.74) is 0. The Kier molecular flexibility index (Phi) is 5.44. The van der Waals surface area contributed by atoms with Gasteiger partial charge in [0.05, 0.1) is 11.5 Å². The molecule has 0 fully saturated rings. The third kappa shape index (κ3) is 5.58. The van der Waals surface area contributed by atoms with Gasteiger partial charge in [0.1, 0.15) is 0 Å². The number of rotatable bonds is 4. The summed E-state index contributed by atoms with van der Waals surface area (Å²) < 4.78 is 10.1. The lowest BCUT2D eigenvalue weighted by atomic mass is 10.3. The Hall–Kier alpha value is -0.855. The smallest absolute Gasteiger partial charge is 0.530 e. The average Bonchev–Trinajstić information content (AvgIpc) is 2.04. The molecule has 0 rings (SSSR count). The van der Waals surface area contributed by atoms with Crippen molar-refractivity contribution in [2.24, 2.45) is 0 Å². The van der Waals surface area contributed by atoms with Gasteiger partial charge in [-0.15, -0.1) is 0 Å². The zero-order chi connectivity index (χ0) is 8.69. The molecule has 0 aromatic rings. The van der Waals surface area contributed by atoms with Crippen molar-refractivity contribution < 1.29 is 9.31 Å². The molecule has 0 aromatic carbocycles. The normalized spacial score (nSPS) is 12.7. The van der Waals surface area contributed by atoms with Crippen LogP contribution in [0.15, 0.2) is 23.7 Å². The molecule has 0 aliphatic carbocycles. The van der Waals surface area contributed by atoms with Gasteiger partial charge in [-0.1, -0.05) is 12.2 Å². The first kappa shape index (κ1) is 10.1. The monoisotopic (exact) mass is 153 g/mol. The molecule has 11 heavy (non-hydrogen) atoms. The molecule has 0 saturated carbocycles. The lowest BCUT2D eigenvalue weighted by Gasteiger charge is -2.04. The molecule has 3 heteroatoms. The Morgan fingerprint density at radius 3 is 1.64 bits per heavy atom. The summed E-state index contributed by atoms with van der Waals surface area (Å²) >= 11 is 0. The molecule has 0 aromatic heterocycles. The lowest BCUT2D eigenvalue weighted by Crippen LogP contribution is -2.01. The molecule has 0 aliphatic heterocycles. The van der Waals surface area contributed by atoms with Crippen molar-refractivity contribution in [3.8, 4) is 0 Å². The summed E-state index contributed by atoms with van der Waals surface area (Å²) in [4.78, 5) is 0. The summed E-state index contributed by atoms with van der Waals surface area (Å²) in [6.45, 7) is 7.55. The highest BCUT2D eigenvalue weighted by molar-refractivity contribution is 6.19. The predicted octanol–water partition coefficient (Wildman–Crippen LogP) is 2.40. The quantitative estimate of drug-likeness (QED) is 0.456. The minimum absolute atomic E-state index is 0.828. The van der Waals surface area contributed by atoms with Crippen molar-refractivity contribution in [2.45, 2.75) is 27.7 Å². The zero-order valence-electron chi connectivity index (χ0n) is 7.55. The van der Waals surface area contributed by atoms with E-state index < -0.39 is 0 Å². The second-order valence-corrected chi connectivity index (χ2v) is 2.13. The Morgan fingerprint density at radius 1 is 1.00 bits per heavy atom. The van der Waals surface area contributed by atoms with Crippen molar-refractivity contribution in [2.75, 3.05) is 0 Å². The minimum atomic E-state index is 0.828. The molecule has 0 heterocycles. The minimum Gasteiger partial charge on any atom is -0.530 e. The molecule has 1 radical (unpaired) electrons. The third-order valence-electron chi connectivity index (χ3n) is 1.28. The first-order valence-corrected chi connectivity index (χ1v) is 3.61. The van der Waals surface area contributed by atoms with Gasteiger partial charge in [0.25, 0.3) is 0 Å². The van der Waals surface area contributed by atoms with Gasteiger partial charge in [-0.05, 0) is 27.7 Å². The van der Waals surface area contributed by atoms with Crippen molar-refractivity contribution in [1.29, 1.82) is 0 Å². The van der Waals surface area contributed by atoms with E-state index in [1.54, 1.807) is 0 Å². The van der Waals surface area contributed by atoms with Crippen LogP contribution >= 0.6 is 0 Å². The summed E-state index contributed by atoms with van der Waals surface area (Å²) in [5, 5.41) is 0. The van der Waals surface area contributed by atoms with Crippen molar-refractivity contribution >= 4 is 7.69 Å². The van der Waals surface area contributed by atoms with Crippen LogP contribution in [-0.2, 0) is 9.31 Å². The van der Waals surface area contributed by atoms with E-state index in [1.165, 1.54) is 7.69 Å². The molecule has 0 N–H and O–H groups in total. The van der Waals surface area contributed by atoms with Crippen LogP contribution in [0.4, 0.5) is 0 Å². The van der Waals surface area contributed by atoms with E-state index in [9.17, 15) is 0 Å². The van der Waals surface area contributed by atoms with E-state index in [4.69, 9.17) is 9.31 Å². The molecule has 2 nitrogen and oxygen atoms in total. The van der Waals surface area contributed by atoms with Gasteiger partial charge in [0, 0.05) is 0 Å². The zero-order valence-corrected chi connectivity index (χ0v) is 7.55. The van der Waals surface area contributed by atoms with Gasteiger partial charge in [-0.3, -0.25) is 0 Å². The molecule has 0 atom stereocenters. The fourth-order valence-corrected chi connectivity index (χ4v) is 0.312. The molecule has 0 unspecified atom stereocenters. The highest BCUT2D eigenvalue weighted by Crippen LogP contribution is 1.97. The highest BCUT2D eigenvalue weighted by atomic mass is 16.6. The van der Waals surface area contributed by atoms with Crippen LogP contribution in [0.5, 0.6) is 0 Å². The first-order valence-electron chi connectivity index (χ1n) is 3.61. The van der Waals surface area contributed by atoms with Crippen LogP contribution in [0.1, 0.15) is 27.7 Å². The molecular formula is C8H14BO2. The number of allylic oxidation sites excluding steroid dienone is 4. The van der Waals surface area contributed by atoms with Gasteiger partial charge in [0.15, 0.2) is 0 Å². The first-order chi connectivity index (χ1) is 5.20. The predicted molar refractivity (Wildman–Crippen MR) is 46.8 cm³/mol. The Labute approximate surface area is 69.2 Å². The van der Waals surface area contributed by atoms with Crippen LogP contribution < -0.4 is 0 Å². The summed E-state index contributed by atoms with van der Waals surface area (Å²) in [6.07, 6.45) is 3.73. The Bertz CT molecular complexity index is 143. The lowest BCUT2D eigenvalue weighted by molar-refractivity contribution is 0.325. The molecule has 0 saturated heterocycles. The fourth-order valence-electron chi connectivity index (χ4n) is 0.312. The molecule has 0 spiro atoms.